The van der Waals surface area contributed by atoms with Crippen LogP contribution in [0.25, 0.3) is 0 Å². The molecule has 0 heterocycles. The van der Waals surface area contributed by atoms with Gasteiger partial charge in [-0.15, -0.1) is 0 Å². The molecule has 4 fully saturated rings. The van der Waals surface area contributed by atoms with Gasteiger partial charge in [-0.05, 0) is 88.3 Å². The molecular formula is C23H32ClN3O4S. The predicted octanol–water partition coefficient (Wildman–Crippen LogP) is 2.84. The highest BCUT2D eigenvalue weighted by molar-refractivity contribution is 7.89. The minimum atomic E-state index is -3.95. The number of likely N-dealkylation sites (N-methyl/N-ethyl adjacent to an activating group) is 1. The quantitative estimate of drug-likeness (QED) is 0.650. The largest absolute Gasteiger partial charge is 0.369 e. The Bertz CT molecular complexity index is 1050. The molecule has 0 aliphatic heterocycles. The fourth-order valence-corrected chi connectivity index (χ4v) is 8.30. The number of nitrogens with zero attached hydrogens (tertiary/aromatic N) is 1. The summed E-state index contributed by atoms with van der Waals surface area (Å²) in [5.74, 6) is 0.324. The molecule has 3 N–H and O–H groups in total. The fraction of sp³-hybridized carbons (Fsp3) is 0.652. The Morgan fingerprint density at radius 2 is 1.78 bits per heavy atom. The van der Waals surface area contributed by atoms with Crippen LogP contribution < -0.4 is 11.1 Å². The Hall–Kier alpha value is -1.64. The molecule has 0 spiro atoms. The molecule has 4 bridgehead atoms. The smallest absolute Gasteiger partial charge is 0.244 e. The van der Waals surface area contributed by atoms with Crippen molar-refractivity contribution in [1.29, 1.82) is 0 Å². The average Bonchev–Trinajstić information content (AvgIpc) is 2.71. The number of hydrogen-bond donors (Lipinski definition) is 2. The van der Waals surface area contributed by atoms with Crippen molar-refractivity contribution in [3.05, 3.63) is 28.8 Å². The first-order valence-corrected chi connectivity index (χ1v) is 13.0. The zero-order valence-corrected chi connectivity index (χ0v) is 20.6. The van der Waals surface area contributed by atoms with Crippen molar-refractivity contribution in [2.24, 2.45) is 28.9 Å². The first-order chi connectivity index (χ1) is 14.8. The molecule has 4 aliphatic rings. The van der Waals surface area contributed by atoms with E-state index in [0.717, 1.165) is 23.6 Å². The second-order valence-electron chi connectivity index (χ2n) is 10.5. The maximum atomic E-state index is 13.4. The summed E-state index contributed by atoms with van der Waals surface area (Å²) in [5, 5.41) is 3.53. The van der Waals surface area contributed by atoms with Gasteiger partial charge in [-0.3, -0.25) is 9.59 Å². The highest BCUT2D eigenvalue weighted by Crippen LogP contribution is 2.60. The minimum absolute atomic E-state index is 0.0604. The van der Waals surface area contributed by atoms with Crippen molar-refractivity contribution >= 4 is 33.4 Å². The Balaban J connectivity index is 1.54. The standard InChI is InChI=1S/C23H32ClN3O4S/c1-13-17(24)6-5-7-18(13)32(30,31)27(4)22(2,3)21(29)26-19-15-8-14-9-16(19)12-23(10-14,11-15)20(25)28/h5-7,14-16,19H,8-12H2,1-4H3,(H2,25,28)(H,26,29). The maximum Gasteiger partial charge on any atom is 0.244 e. The predicted molar refractivity (Wildman–Crippen MR) is 122 cm³/mol. The average molecular weight is 482 g/mol. The topological polar surface area (TPSA) is 110 Å². The van der Waals surface area contributed by atoms with Gasteiger partial charge in [0.2, 0.25) is 21.8 Å². The van der Waals surface area contributed by atoms with Gasteiger partial charge in [0.15, 0.2) is 0 Å². The number of carbonyl (C=O) groups is 2. The second kappa shape index (κ2) is 7.71. The van der Waals surface area contributed by atoms with E-state index in [1.54, 1.807) is 32.9 Å². The number of amides is 2. The number of primary amides is 1. The van der Waals surface area contributed by atoms with Crippen LogP contribution in [0.2, 0.25) is 5.02 Å². The first-order valence-electron chi connectivity index (χ1n) is 11.1. The lowest BCUT2D eigenvalue weighted by atomic mass is 9.47. The van der Waals surface area contributed by atoms with E-state index in [0.29, 0.717) is 29.3 Å². The molecule has 32 heavy (non-hydrogen) atoms. The lowest BCUT2D eigenvalue weighted by molar-refractivity contribution is -0.148. The summed E-state index contributed by atoms with van der Waals surface area (Å²) in [5.41, 5.74) is 4.47. The molecule has 1 aromatic carbocycles. The Labute approximate surface area is 195 Å². The molecule has 7 nitrogen and oxygen atoms in total. The van der Waals surface area contributed by atoms with Crippen molar-refractivity contribution in [1.82, 2.24) is 9.62 Å². The van der Waals surface area contributed by atoms with Crippen molar-refractivity contribution in [2.45, 2.75) is 69.4 Å². The summed E-state index contributed by atoms with van der Waals surface area (Å²) in [6.45, 7) is 4.88. The van der Waals surface area contributed by atoms with Crippen LogP contribution in [0.3, 0.4) is 0 Å². The van der Waals surface area contributed by atoms with E-state index in [-0.39, 0.29) is 34.6 Å². The third kappa shape index (κ3) is 3.55. The van der Waals surface area contributed by atoms with Crippen LogP contribution in [0, 0.1) is 30.1 Å². The Morgan fingerprint density at radius 1 is 1.19 bits per heavy atom. The fourth-order valence-electron chi connectivity index (χ4n) is 6.35. The number of benzene rings is 1. The minimum Gasteiger partial charge on any atom is -0.369 e. The van der Waals surface area contributed by atoms with Crippen LogP contribution in [0.5, 0.6) is 0 Å². The Kier molecular flexibility index (Phi) is 5.66. The summed E-state index contributed by atoms with van der Waals surface area (Å²) < 4.78 is 27.8. The number of nitrogens with two attached hydrogens (primary N) is 1. The maximum absolute atomic E-state index is 13.4. The van der Waals surface area contributed by atoms with Crippen molar-refractivity contribution in [2.75, 3.05) is 7.05 Å². The normalized spacial score (nSPS) is 31.7. The van der Waals surface area contributed by atoms with Gasteiger partial charge in [0.25, 0.3) is 0 Å². The molecule has 0 radical (unpaired) electrons. The first kappa shape index (κ1) is 23.5. The number of carbonyl (C=O) groups excluding carboxylic acids is 2. The zero-order chi connectivity index (χ0) is 23.6. The summed E-state index contributed by atoms with van der Waals surface area (Å²) in [7, 11) is -2.53. The van der Waals surface area contributed by atoms with E-state index in [2.05, 4.69) is 5.32 Å². The van der Waals surface area contributed by atoms with Gasteiger partial charge < -0.3 is 11.1 Å². The molecule has 2 amide bonds. The molecule has 2 unspecified atom stereocenters. The van der Waals surface area contributed by atoms with Crippen molar-refractivity contribution in [3.63, 3.8) is 0 Å². The second-order valence-corrected chi connectivity index (χ2v) is 12.9. The number of halogens is 1. The molecule has 4 saturated carbocycles. The molecule has 1 aromatic rings. The SMILES string of the molecule is Cc1c(Cl)cccc1S(=O)(=O)N(C)C(C)(C)C(=O)NC1C2CC3CC1CC(C(N)=O)(C3)C2. The van der Waals surface area contributed by atoms with Gasteiger partial charge in [-0.1, -0.05) is 17.7 Å². The van der Waals surface area contributed by atoms with Crippen LogP contribution >= 0.6 is 11.6 Å². The Morgan fingerprint density at radius 3 is 2.34 bits per heavy atom. The number of rotatable bonds is 6. The van der Waals surface area contributed by atoms with Crippen molar-refractivity contribution in [3.8, 4) is 0 Å². The van der Waals surface area contributed by atoms with Gasteiger partial charge in [-0.25, -0.2) is 8.42 Å². The third-order valence-corrected chi connectivity index (χ3v) is 10.9. The van der Waals surface area contributed by atoms with Crippen LogP contribution in [-0.2, 0) is 19.6 Å². The van der Waals surface area contributed by atoms with E-state index in [1.807, 2.05) is 0 Å². The lowest BCUT2D eigenvalue weighted by Gasteiger charge is -2.59. The number of hydrogen-bond acceptors (Lipinski definition) is 4. The molecule has 4 aliphatic carbocycles. The molecule has 0 aromatic heterocycles. The van der Waals surface area contributed by atoms with E-state index in [1.165, 1.54) is 13.1 Å². The van der Waals surface area contributed by atoms with E-state index in [9.17, 15) is 18.0 Å². The van der Waals surface area contributed by atoms with Crippen LogP contribution in [0.4, 0.5) is 0 Å². The highest BCUT2D eigenvalue weighted by Gasteiger charge is 2.58. The van der Waals surface area contributed by atoms with Gasteiger partial charge >= 0.3 is 0 Å². The molecule has 0 saturated heterocycles. The van der Waals surface area contributed by atoms with E-state index < -0.39 is 21.0 Å². The monoisotopic (exact) mass is 481 g/mol. The van der Waals surface area contributed by atoms with Gasteiger partial charge in [0.05, 0.1) is 4.90 Å². The molecule has 176 valence electrons. The summed E-state index contributed by atoms with van der Waals surface area (Å²) >= 11 is 6.14. The third-order valence-electron chi connectivity index (χ3n) is 8.29. The zero-order valence-electron chi connectivity index (χ0n) is 19.0. The molecule has 5 rings (SSSR count). The summed E-state index contributed by atoms with van der Waals surface area (Å²) in [6, 6.07) is 4.67. The van der Waals surface area contributed by atoms with Crippen molar-refractivity contribution < 1.29 is 18.0 Å². The molecule has 9 heteroatoms. The van der Waals surface area contributed by atoms with Gasteiger partial charge in [0, 0.05) is 23.5 Å². The van der Waals surface area contributed by atoms with E-state index in [4.69, 9.17) is 17.3 Å². The number of sulfonamides is 1. The van der Waals surface area contributed by atoms with Gasteiger partial charge in [-0.2, -0.15) is 4.31 Å². The summed E-state index contributed by atoms with van der Waals surface area (Å²) in [4.78, 5) is 25.7. The summed E-state index contributed by atoms with van der Waals surface area (Å²) in [6.07, 6.45) is 4.23. The lowest BCUT2D eigenvalue weighted by Crippen LogP contribution is -2.65. The molecule has 2 atom stereocenters. The van der Waals surface area contributed by atoms with Crippen LogP contribution in [-0.4, -0.2) is 43.2 Å². The molecular weight excluding hydrogens is 450 g/mol. The van der Waals surface area contributed by atoms with Gasteiger partial charge in [0.1, 0.15) is 5.54 Å². The van der Waals surface area contributed by atoms with Crippen LogP contribution in [0.1, 0.15) is 51.5 Å². The van der Waals surface area contributed by atoms with E-state index >= 15 is 0 Å². The highest BCUT2D eigenvalue weighted by atomic mass is 35.5. The number of nitrogens with one attached hydrogen (secondary N) is 1. The van der Waals surface area contributed by atoms with Crippen LogP contribution in [0.15, 0.2) is 23.1 Å².